The number of imide groups is 1. The Labute approximate surface area is 171 Å². The molecule has 0 aromatic heterocycles. The first-order valence-corrected chi connectivity index (χ1v) is 9.60. The van der Waals surface area contributed by atoms with Gasteiger partial charge in [-0.25, -0.2) is 4.79 Å². The molecule has 0 saturated carbocycles. The molecule has 1 aliphatic rings. The highest BCUT2D eigenvalue weighted by atomic mass is 79.9. The van der Waals surface area contributed by atoms with Crippen LogP contribution in [0.15, 0.2) is 26.0 Å². The van der Waals surface area contributed by atoms with Crippen LogP contribution in [0, 0.1) is 12.3 Å². The molecule has 1 heterocycles. The van der Waals surface area contributed by atoms with Crippen molar-refractivity contribution in [2.45, 2.75) is 13.0 Å². The molecule has 0 spiro atoms. The van der Waals surface area contributed by atoms with Crippen molar-refractivity contribution in [2.75, 3.05) is 13.7 Å². The van der Waals surface area contributed by atoms with Crippen LogP contribution in [-0.2, 0) is 14.3 Å². The lowest BCUT2D eigenvalue weighted by Crippen LogP contribution is -2.42. The van der Waals surface area contributed by atoms with Gasteiger partial charge in [0.25, 0.3) is 11.1 Å². The number of carbonyl (C=O) groups excluding carboxylic acids is 3. The van der Waals surface area contributed by atoms with Crippen LogP contribution >= 0.6 is 43.6 Å². The average Bonchev–Trinajstić information content (AvgIpc) is 2.86. The van der Waals surface area contributed by atoms with Crippen molar-refractivity contribution in [3.63, 3.8) is 0 Å². The molecule has 2 rings (SSSR count). The summed E-state index contributed by atoms with van der Waals surface area (Å²) in [5.41, 5.74) is 0.660. The van der Waals surface area contributed by atoms with E-state index in [1.54, 1.807) is 18.2 Å². The summed E-state index contributed by atoms with van der Waals surface area (Å²) in [6.07, 6.45) is 6.75. The molecular formula is C17H13Br2NO5S. The predicted molar refractivity (Wildman–Crippen MR) is 105 cm³/mol. The molecule has 0 radical (unpaired) electrons. The number of carbonyl (C=O) groups is 3. The molecule has 1 aliphatic heterocycles. The van der Waals surface area contributed by atoms with Gasteiger partial charge in [-0.2, -0.15) is 0 Å². The number of esters is 1. The number of nitrogens with zero attached hydrogens (tertiary/aromatic N) is 1. The lowest BCUT2D eigenvalue weighted by atomic mass is 10.2. The Morgan fingerprint density at radius 2 is 2.00 bits per heavy atom. The van der Waals surface area contributed by atoms with Crippen LogP contribution in [0.25, 0.3) is 6.08 Å². The number of thioether (sulfide) groups is 1. The number of hydrogen-bond donors (Lipinski definition) is 0. The second-order valence-electron chi connectivity index (χ2n) is 5.06. The summed E-state index contributed by atoms with van der Waals surface area (Å²) in [5.74, 6) is 1.71. The van der Waals surface area contributed by atoms with Crippen molar-refractivity contribution in [2.24, 2.45) is 0 Å². The van der Waals surface area contributed by atoms with Crippen molar-refractivity contribution < 1.29 is 23.9 Å². The number of ether oxygens (including phenoxy) is 2. The number of methoxy groups -OCH3 is 1. The maximum atomic E-state index is 12.5. The molecule has 0 aliphatic carbocycles. The van der Waals surface area contributed by atoms with Crippen molar-refractivity contribution in [1.29, 1.82) is 0 Å². The van der Waals surface area contributed by atoms with E-state index in [0.717, 1.165) is 16.7 Å². The maximum absolute atomic E-state index is 12.5. The van der Waals surface area contributed by atoms with Crippen LogP contribution in [0.3, 0.4) is 0 Å². The minimum Gasteiger partial charge on any atom is -0.479 e. The highest BCUT2D eigenvalue weighted by Gasteiger charge is 2.41. The second kappa shape index (κ2) is 8.75. The van der Waals surface area contributed by atoms with Crippen molar-refractivity contribution in [3.8, 4) is 18.1 Å². The van der Waals surface area contributed by atoms with E-state index in [1.165, 1.54) is 14.0 Å². The molecule has 9 heteroatoms. The molecule has 1 aromatic rings. The van der Waals surface area contributed by atoms with E-state index >= 15 is 0 Å². The molecule has 1 aromatic carbocycles. The largest absolute Gasteiger partial charge is 0.479 e. The van der Waals surface area contributed by atoms with E-state index in [-0.39, 0.29) is 11.5 Å². The van der Waals surface area contributed by atoms with Gasteiger partial charge >= 0.3 is 5.97 Å². The third kappa shape index (κ3) is 4.31. The highest BCUT2D eigenvalue weighted by molar-refractivity contribution is 9.11. The fourth-order valence-corrected chi connectivity index (χ4v) is 4.51. The first-order chi connectivity index (χ1) is 12.3. The van der Waals surface area contributed by atoms with Crippen LogP contribution in [0.4, 0.5) is 4.79 Å². The Morgan fingerprint density at radius 1 is 1.38 bits per heavy atom. The first kappa shape index (κ1) is 20.6. The number of benzene rings is 1. The SMILES string of the molecule is C#CCOc1c(Br)cc(/C=C2/SC(=O)N([C@H](C)C(=O)OC)C2=O)cc1Br. The summed E-state index contributed by atoms with van der Waals surface area (Å²) in [4.78, 5) is 37.3. The molecule has 1 fully saturated rings. The Hall–Kier alpha value is -1.76. The van der Waals surface area contributed by atoms with Crippen molar-refractivity contribution >= 4 is 66.8 Å². The summed E-state index contributed by atoms with van der Waals surface area (Å²) in [7, 11) is 1.20. The van der Waals surface area contributed by atoms with Gasteiger partial charge in [0.05, 0.1) is 21.0 Å². The van der Waals surface area contributed by atoms with E-state index in [1.807, 2.05) is 0 Å². The van der Waals surface area contributed by atoms with Crippen molar-refractivity contribution in [1.82, 2.24) is 4.90 Å². The predicted octanol–water partition coefficient (Wildman–Crippen LogP) is 3.82. The summed E-state index contributed by atoms with van der Waals surface area (Å²) in [6, 6.07) is 2.47. The van der Waals surface area contributed by atoms with Gasteiger partial charge in [0, 0.05) is 0 Å². The second-order valence-corrected chi connectivity index (χ2v) is 7.76. The number of rotatable bonds is 5. The number of terminal acetylenes is 1. The van der Waals surface area contributed by atoms with Crippen LogP contribution in [0.5, 0.6) is 5.75 Å². The molecule has 1 atom stereocenters. The number of hydrogen-bond acceptors (Lipinski definition) is 6. The summed E-state index contributed by atoms with van der Waals surface area (Å²) in [5, 5.41) is -0.522. The van der Waals surface area contributed by atoms with E-state index in [2.05, 4.69) is 42.5 Å². The van der Waals surface area contributed by atoms with Gasteiger partial charge < -0.3 is 9.47 Å². The molecule has 136 valence electrons. The average molecular weight is 503 g/mol. The van der Waals surface area contributed by atoms with Crippen LogP contribution in [0.2, 0.25) is 0 Å². The number of amides is 2. The third-order valence-corrected chi connectivity index (χ3v) is 5.43. The van der Waals surface area contributed by atoms with Gasteiger partial charge in [-0.15, -0.1) is 6.42 Å². The Morgan fingerprint density at radius 3 is 2.54 bits per heavy atom. The quantitative estimate of drug-likeness (QED) is 0.346. The smallest absolute Gasteiger partial charge is 0.328 e. The van der Waals surface area contributed by atoms with E-state index in [4.69, 9.17) is 11.2 Å². The molecule has 0 bridgehead atoms. The fraction of sp³-hybridized carbons (Fsp3) is 0.235. The van der Waals surface area contributed by atoms with Crippen LogP contribution in [-0.4, -0.2) is 41.8 Å². The van der Waals surface area contributed by atoms with Gasteiger partial charge in [0.2, 0.25) is 0 Å². The zero-order chi connectivity index (χ0) is 19.4. The minimum atomic E-state index is -0.989. The molecule has 0 unspecified atom stereocenters. The lowest BCUT2D eigenvalue weighted by molar-refractivity contribution is -0.148. The monoisotopic (exact) mass is 501 g/mol. The Balaban J connectivity index is 2.31. The van der Waals surface area contributed by atoms with Gasteiger partial charge in [-0.1, -0.05) is 5.92 Å². The van der Waals surface area contributed by atoms with Crippen LogP contribution < -0.4 is 4.74 Å². The normalized spacial score (nSPS) is 16.6. The standard InChI is InChI=1S/C17H13Br2NO5S/c1-4-5-25-14-11(18)6-10(7-12(14)19)8-13-15(21)20(17(23)26-13)9(2)16(22)24-3/h1,6-9H,5H2,2-3H3/b13-8+/t9-/m1/s1. The topological polar surface area (TPSA) is 72.9 Å². The Bertz CT molecular complexity index is 823. The molecule has 26 heavy (non-hydrogen) atoms. The van der Waals surface area contributed by atoms with E-state index in [0.29, 0.717) is 20.3 Å². The summed E-state index contributed by atoms with van der Waals surface area (Å²) >= 11 is 7.53. The van der Waals surface area contributed by atoms with Gasteiger partial charge in [0.15, 0.2) is 0 Å². The molecule has 1 saturated heterocycles. The van der Waals surface area contributed by atoms with E-state index in [9.17, 15) is 14.4 Å². The zero-order valence-corrected chi connectivity index (χ0v) is 17.7. The van der Waals surface area contributed by atoms with Gasteiger partial charge in [-0.3, -0.25) is 14.5 Å². The summed E-state index contributed by atoms with van der Waals surface area (Å²) < 4.78 is 11.3. The molecular weight excluding hydrogens is 490 g/mol. The fourth-order valence-electron chi connectivity index (χ4n) is 2.16. The van der Waals surface area contributed by atoms with E-state index < -0.39 is 23.2 Å². The first-order valence-electron chi connectivity index (χ1n) is 7.20. The third-order valence-electron chi connectivity index (χ3n) is 3.37. The number of halogens is 2. The van der Waals surface area contributed by atoms with Gasteiger partial charge in [0.1, 0.15) is 18.4 Å². The zero-order valence-electron chi connectivity index (χ0n) is 13.7. The maximum Gasteiger partial charge on any atom is 0.328 e. The molecule has 0 N–H and O–H groups in total. The lowest BCUT2D eigenvalue weighted by Gasteiger charge is -2.18. The van der Waals surface area contributed by atoms with Gasteiger partial charge in [-0.05, 0) is 74.3 Å². The van der Waals surface area contributed by atoms with Crippen molar-refractivity contribution in [3.05, 3.63) is 31.5 Å². The van der Waals surface area contributed by atoms with Crippen LogP contribution in [0.1, 0.15) is 12.5 Å². The molecule has 6 nitrogen and oxygen atoms in total. The highest BCUT2D eigenvalue weighted by Crippen LogP contribution is 2.38. The summed E-state index contributed by atoms with van der Waals surface area (Å²) in [6.45, 7) is 1.55. The Kier molecular flexibility index (Phi) is 6.92. The minimum absolute atomic E-state index is 0.112. The molecule has 2 amide bonds.